The van der Waals surface area contributed by atoms with E-state index in [2.05, 4.69) is 10.6 Å². The van der Waals surface area contributed by atoms with Crippen LogP contribution in [0.3, 0.4) is 0 Å². The Morgan fingerprint density at radius 1 is 0.397 bits per heavy atom. The van der Waals surface area contributed by atoms with Crippen LogP contribution in [0.2, 0.25) is 0 Å². The van der Waals surface area contributed by atoms with Crippen molar-refractivity contribution in [2.24, 2.45) is 0 Å². The summed E-state index contributed by atoms with van der Waals surface area (Å²) < 4.78 is 55.7. The first-order valence-electron chi connectivity index (χ1n) is 22.1. The summed E-state index contributed by atoms with van der Waals surface area (Å²) in [5.74, 6) is 0. The highest BCUT2D eigenvalue weighted by Gasteiger charge is 2.53. The normalized spacial score (nSPS) is 42.4. The molecule has 5 saturated heterocycles. The van der Waals surface area contributed by atoms with Crippen molar-refractivity contribution >= 4 is 12.1 Å². The zero-order chi connectivity index (χ0) is 49.7. The fourth-order valence-corrected chi connectivity index (χ4v) is 7.82. The molecule has 5 aliphatic rings. The van der Waals surface area contributed by atoms with Gasteiger partial charge in [-0.15, -0.1) is 0 Å². The minimum Gasteiger partial charge on any atom is -0.394 e. The summed E-state index contributed by atoms with van der Waals surface area (Å²) in [4.78, 5) is 29.5. The second-order valence-corrected chi connectivity index (χ2v) is 16.4. The standard InChI is InChI=1S/C38H68N4O26/c43-13-17-21(47)23(49)29(55)35(65-17)67-31-19(15-45)63-33(27(53)25(31)51)39-37(57)41-1-5-59-9-10-61-7-3-42(4-8-62-12-11-60-6-2-41)38(58)40-34-28(54)26(52)32(20(16-46)64-34)68-36-30(56)24(50)22(48)18(14-44)66-36/h17-36,43-56H,1-16H2,(H,39,57)(H,40,58)/t17-,18-,19-,20-,21-,22-,23+,24+,25-,26-,27-,28-,29-,30-,31-,32-,33-,34-,35+,36+/m1/s1. The molecule has 0 bridgehead atoms. The van der Waals surface area contributed by atoms with E-state index < -0.39 is 161 Å². The van der Waals surface area contributed by atoms with E-state index in [-0.39, 0.29) is 79.0 Å². The van der Waals surface area contributed by atoms with Crippen LogP contribution in [-0.2, 0) is 47.4 Å². The van der Waals surface area contributed by atoms with Crippen LogP contribution in [0.15, 0.2) is 0 Å². The average Bonchev–Trinajstić information content (AvgIpc) is 3.33. The summed E-state index contributed by atoms with van der Waals surface area (Å²) in [6.07, 6.45) is -33.5. The summed E-state index contributed by atoms with van der Waals surface area (Å²) in [6.45, 7) is -3.10. The largest absolute Gasteiger partial charge is 0.394 e. The molecule has 0 aromatic rings. The van der Waals surface area contributed by atoms with Crippen molar-refractivity contribution < 1.29 is 128 Å². The average molecular weight is 997 g/mol. The van der Waals surface area contributed by atoms with Crippen molar-refractivity contribution in [2.45, 2.75) is 123 Å². The molecule has 0 saturated carbocycles. The number of carbonyl (C=O) groups is 2. The van der Waals surface area contributed by atoms with Crippen molar-refractivity contribution in [3.8, 4) is 0 Å². The minimum atomic E-state index is -1.86. The zero-order valence-corrected chi connectivity index (χ0v) is 36.9. The molecule has 20 atom stereocenters. The molecule has 30 heteroatoms. The molecule has 0 spiro atoms. The molecule has 5 heterocycles. The first-order chi connectivity index (χ1) is 32.6. The smallest absolute Gasteiger partial charge is 0.319 e. The van der Waals surface area contributed by atoms with Crippen LogP contribution in [-0.4, -0.2) is 322 Å². The van der Waals surface area contributed by atoms with Crippen LogP contribution < -0.4 is 10.6 Å². The van der Waals surface area contributed by atoms with Crippen molar-refractivity contribution in [3.63, 3.8) is 0 Å². The van der Waals surface area contributed by atoms with Gasteiger partial charge in [0.05, 0.1) is 79.3 Å². The predicted octanol–water partition coefficient (Wildman–Crippen LogP) is -10.7. The SMILES string of the molecule is O=C(N[C@@H]1O[C@H](CO)[C@@H](O[C@@H]2O[C@H](CO)[C@@H](O)[C@H](O)[C@H]2O)[C@H](O)[C@H]1O)N1CCOCCOCCN(C(=O)N[C@@H]2O[C@H](CO)[C@@H](O[C@@H]3O[C@H](CO)[C@@H](O)[C@H](O)[C@H]3O)[C@H](O)[C@H]2O)CCOCCOCC1. The molecule has 0 aliphatic carbocycles. The Balaban J connectivity index is 1.09. The third kappa shape index (κ3) is 14.4. The summed E-state index contributed by atoms with van der Waals surface area (Å²) in [5, 5.41) is 149. The second kappa shape index (κ2) is 27.4. The molecule has 396 valence electrons. The highest BCUT2D eigenvalue weighted by Crippen LogP contribution is 2.31. The monoisotopic (exact) mass is 996 g/mol. The lowest BCUT2D eigenvalue weighted by Crippen LogP contribution is -2.67. The summed E-state index contributed by atoms with van der Waals surface area (Å²) >= 11 is 0. The Labute approximate surface area is 388 Å². The number of nitrogens with zero attached hydrogens (tertiary/aromatic N) is 2. The molecule has 0 radical (unpaired) electrons. The molecule has 68 heavy (non-hydrogen) atoms. The third-order valence-corrected chi connectivity index (χ3v) is 11.9. The highest BCUT2D eigenvalue weighted by molar-refractivity contribution is 5.75. The lowest BCUT2D eigenvalue weighted by Gasteiger charge is -2.46. The van der Waals surface area contributed by atoms with Crippen molar-refractivity contribution in [1.82, 2.24) is 20.4 Å². The molecule has 0 unspecified atom stereocenters. The Bertz CT molecular complexity index is 1370. The summed E-state index contributed by atoms with van der Waals surface area (Å²) in [7, 11) is 0. The minimum absolute atomic E-state index is 0.0150. The van der Waals surface area contributed by atoms with Crippen LogP contribution in [0.5, 0.6) is 0 Å². The highest BCUT2D eigenvalue weighted by atomic mass is 16.7. The molecule has 5 aliphatic heterocycles. The van der Waals surface area contributed by atoms with Crippen LogP contribution in [0.4, 0.5) is 9.59 Å². The number of rotatable bonds is 10. The third-order valence-electron chi connectivity index (χ3n) is 11.9. The summed E-state index contributed by atoms with van der Waals surface area (Å²) in [5.41, 5.74) is 0. The molecule has 30 nitrogen and oxygen atoms in total. The van der Waals surface area contributed by atoms with Gasteiger partial charge in [0, 0.05) is 26.2 Å². The van der Waals surface area contributed by atoms with Gasteiger partial charge in [-0.2, -0.15) is 0 Å². The Hall–Kier alpha value is -2.42. The fraction of sp³-hybridized carbons (Fsp3) is 0.947. The number of hydrogen-bond acceptors (Lipinski definition) is 26. The van der Waals surface area contributed by atoms with Crippen LogP contribution in [0.1, 0.15) is 0 Å². The van der Waals surface area contributed by atoms with Gasteiger partial charge in [-0.25, -0.2) is 9.59 Å². The fourth-order valence-electron chi connectivity index (χ4n) is 7.82. The van der Waals surface area contributed by atoms with Gasteiger partial charge >= 0.3 is 12.1 Å². The molecular weight excluding hydrogens is 928 g/mol. The van der Waals surface area contributed by atoms with E-state index in [1.807, 2.05) is 0 Å². The van der Waals surface area contributed by atoms with Crippen LogP contribution in [0.25, 0.3) is 0 Å². The van der Waals surface area contributed by atoms with E-state index in [1.54, 1.807) is 0 Å². The Morgan fingerprint density at radius 2 is 0.706 bits per heavy atom. The first-order valence-corrected chi connectivity index (χ1v) is 22.1. The van der Waals surface area contributed by atoms with E-state index in [9.17, 15) is 81.1 Å². The van der Waals surface area contributed by atoms with Gasteiger partial charge in [0.25, 0.3) is 0 Å². The molecular formula is C38H68N4O26. The molecule has 4 amide bonds. The van der Waals surface area contributed by atoms with E-state index in [0.29, 0.717) is 0 Å². The van der Waals surface area contributed by atoms with Gasteiger partial charge in [-0.3, -0.25) is 0 Å². The number of aliphatic hydroxyl groups excluding tert-OH is 14. The van der Waals surface area contributed by atoms with Crippen molar-refractivity contribution in [3.05, 3.63) is 0 Å². The predicted molar refractivity (Wildman–Crippen MR) is 216 cm³/mol. The van der Waals surface area contributed by atoms with Gasteiger partial charge < -0.3 is 139 Å². The molecule has 16 N–H and O–H groups in total. The van der Waals surface area contributed by atoms with Gasteiger partial charge in [0.1, 0.15) is 97.7 Å². The Kier molecular flexibility index (Phi) is 22.8. The number of carbonyl (C=O) groups excluding carboxylic acids is 2. The van der Waals surface area contributed by atoms with Crippen LogP contribution in [0, 0.1) is 0 Å². The quantitative estimate of drug-likeness (QED) is 0.0966. The maximum atomic E-state index is 13.5. The number of ether oxygens (including phenoxy) is 10. The molecule has 5 fully saturated rings. The van der Waals surface area contributed by atoms with Gasteiger partial charge in [-0.05, 0) is 0 Å². The Morgan fingerprint density at radius 3 is 1.00 bits per heavy atom. The number of aliphatic hydroxyl groups is 14. The van der Waals surface area contributed by atoms with Crippen molar-refractivity contribution in [2.75, 3.05) is 105 Å². The molecule has 5 rings (SSSR count). The first kappa shape index (κ1) is 56.5. The maximum absolute atomic E-state index is 13.5. The van der Waals surface area contributed by atoms with E-state index in [4.69, 9.17) is 47.4 Å². The lowest BCUT2D eigenvalue weighted by atomic mass is 9.96. The maximum Gasteiger partial charge on any atom is 0.319 e. The van der Waals surface area contributed by atoms with Gasteiger partial charge in [-0.1, -0.05) is 0 Å². The van der Waals surface area contributed by atoms with E-state index in [0.717, 1.165) is 0 Å². The number of hydrogen-bond donors (Lipinski definition) is 16. The summed E-state index contributed by atoms with van der Waals surface area (Å²) in [6, 6.07) is -1.57. The van der Waals surface area contributed by atoms with Gasteiger partial charge in [0.15, 0.2) is 25.0 Å². The molecule has 0 aromatic heterocycles. The number of amides is 4. The van der Waals surface area contributed by atoms with Crippen LogP contribution >= 0.6 is 0 Å². The zero-order valence-electron chi connectivity index (χ0n) is 36.9. The molecule has 0 aromatic carbocycles. The van der Waals surface area contributed by atoms with Gasteiger partial charge in [0.2, 0.25) is 0 Å². The van der Waals surface area contributed by atoms with E-state index in [1.165, 1.54) is 9.80 Å². The number of nitrogens with one attached hydrogen (secondary N) is 2. The van der Waals surface area contributed by atoms with E-state index >= 15 is 0 Å². The second-order valence-electron chi connectivity index (χ2n) is 16.4. The van der Waals surface area contributed by atoms with Crippen molar-refractivity contribution in [1.29, 1.82) is 0 Å². The number of urea groups is 2. The topological polar surface area (TPSA) is 440 Å². The lowest BCUT2D eigenvalue weighted by molar-refractivity contribution is -0.342.